The van der Waals surface area contributed by atoms with Crippen LogP contribution in [0.3, 0.4) is 0 Å². The van der Waals surface area contributed by atoms with Gasteiger partial charge in [0.1, 0.15) is 0 Å². The standard InChI is InChI=1S/C57H38N2/c1-5-18-42(19-6-1)53-52(54(43-20-7-2-8-21-43)57(46-24-11-4-12-25-46)58-56(53)45-22-9-3-10-23-45)44-31-29-39(30-32-44)40-33-36-47(37-34-40)59-50-28-16-15-27-49(50)55-48-26-14-13-17-41(48)35-38-51(55)59/h1-38H. The molecule has 0 N–H and O–H groups in total. The van der Waals surface area contributed by atoms with Crippen molar-refractivity contribution >= 4 is 32.6 Å². The monoisotopic (exact) mass is 750 g/mol. The molecule has 0 spiro atoms. The van der Waals surface area contributed by atoms with Gasteiger partial charge in [-0.15, -0.1) is 0 Å². The largest absolute Gasteiger partial charge is 0.309 e. The lowest BCUT2D eigenvalue weighted by Crippen LogP contribution is -2.01. The molecule has 0 aliphatic carbocycles. The van der Waals surface area contributed by atoms with Gasteiger partial charge >= 0.3 is 0 Å². The highest BCUT2D eigenvalue weighted by Crippen LogP contribution is 2.49. The summed E-state index contributed by atoms with van der Waals surface area (Å²) in [5.74, 6) is 0. The van der Waals surface area contributed by atoms with Crippen LogP contribution < -0.4 is 0 Å². The molecule has 0 amide bonds. The molecule has 0 saturated carbocycles. The van der Waals surface area contributed by atoms with E-state index in [-0.39, 0.29) is 0 Å². The molecule has 0 radical (unpaired) electrons. The third kappa shape index (κ3) is 6.02. The Morgan fingerprint density at radius 1 is 0.271 bits per heavy atom. The molecule has 0 aliphatic heterocycles. The molecule has 0 fully saturated rings. The van der Waals surface area contributed by atoms with Gasteiger partial charge in [0.05, 0.1) is 22.4 Å². The number of nitrogens with zero attached hydrogens (tertiary/aromatic N) is 2. The molecule has 2 heterocycles. The van der Waals surface area contributed by atoms with Crippen molar-refractivity contribution in [3.05, 3.63) is 231 Å². The Morgan fingerprint density at radius 3 is 1.25 bits per heavy atom. The van der Waals surface area contributed by atoms with Gasteiger partial charge in [0.15, 0.2) is 0 Å². The second kappa shape index (κ2) is 14.6. The Kier molecular flexibility index (Phi) is 8.52. The number of hydrogen-bond acceptors (Lipinski definition) is 1. The molecule has 11 rings (SSSR count). The molecule has 0 bridgehead atoms. The summed E-state index contributed by atoms with van der Waals surface area (Å²) in [6.45, 7) is 0. The lowest BCUT2D eigenvalue weighted by molar-refractivity contribution is 1.18. The summed E-state index contributed by atoms with van der Waals surface area (Å²) in [7, 11) is 0. The van der Waals surface area contributed by atoms with Gasteiger partial charge in [-0.05, 0) is 62.9 Å². The van der Waals surface area contributed by atoms with Crippen LogP contribution in [0.25, 0.3) is 105 Å². The summed E-state index contributed by atoms with van der Waals surface area (Å²) in [6, 6.07) is 82.8. The predicted molar refractivity (Wildman–Crippen MR) is 249 cm³/mol. The number of fused-ring (bicyclic) bond motifs is 5. The van der Waals surface area contributed by atoms with Crippen molar-refractivity contribution in [1.29, 1.82) is 0 Å². The second-order valence-electron chi connectivity index (χ2n) is 15.1. The van der Waals surface area contributed by atoms with Crippen molar-refractivity contribution in [3.63, 3.8) is 0 Å². The maximum Gasteiger partial charge on any atom is 0.0794 e. The minimum absolute atomic E-state index is 0.961. The smallest absolute Gasteiger partial charge is 0.0794 e. The van der Waals surface area contributed by atoms with E-state index in [2.05, 4.69) is 235 Å². The molecule has 0 saturated heterocycles. The van der Waals surface area contributed by atoms with Crippen LogP contribution in [0.1, 0.15) is 0 Å². The Hall–Kier alpha value is -7.81. The molecule has 276 valence electrons. The van der Waals surface area contributed by atoms with Crippen LogP contribution in [0.4, 0.5) is 0 Å². The first kappa shape index (κ1) is 34.4. The van der Waals surface area contributed by atoms with Crippen molar-refractivity contribution in [3.8, 4) is 72.7 Å². The summed E-state index contributed by atoms with van der Waals surface area (Å²) in [5, 5.41) is 5.10. The molecular weight excluding hydrogens is 713 g/mol. The van der Waals surface area contributed by atoms with Gasteiger partial charge in [-0.3, -0.25) is 0 Å². The maximum atomic E-state index is 5.60. The van der Waals surface area contributed by atoms with E-state index in [1.165, 1.54) is 38.1 Å². The summed E-state index contributed by atoms with van der Waals surface area (Å²) in [5.41, 5.74) is 16.8. The zero-order valence-corrected chi connectivity index (χ0v) is 32.3. The molecule has 11 aromatic rings. The minimum Gasteiger partial charge on any atom is -0.309 e. The van der Waals surface area contributed by atoms with Gasteiger partial charge in [0.2, 0.25) is 0 Å². The molecule has 2 aromatic heterocycles. The molecule has 0 unspecified atom stereocenters. The third-order valence-electron chi connectivity index (χ3n) is 11.6. The van der Waals surface area contributed by atoms with Crippen molar-refractivity contribution in [1.82, 2.24) is 9.55 Å². The van der Waals surface area contributed by atoms with E-state index in [9.17, 15) is 0 Å². The van der Waals surface area contributed by atoms with E-state index in [4.69, 9.17) is 4.98 Å². The fraction of sp³-hybridized carbons (Fsp3) is 0. The summed E-state index contributed by atoms with van der Waals surface area (Å²) < 4.78 is 2.40. The van der Waals surface area contributed by atoms with E-state index < -0.39 is 0 Å². The van der Waals surface area contributed by atoms with Crippen molar-refractivity contribution in [2.45, 2.75) is 0 Å². The van der Waals surface area contributed by atoms with Gasteiger partial charge in [-0.2, -0.15) is 0 Å². The van der Waals surface area contributed by atoms with E-state index in [0.29, 0.717) is 0 Å². The fourth-order valence-electron chi connectivity index (χ4n) is 8.91. The molecule has 2 heteroatoms. The Bertz CT molecular complexity index is 3160. The Labute approximate surface area is 344 Å². The van der Waals surface area contributed by atoms with Gasteiger partial charge in [-0.1, -0.05) is 206 Å². The first-order valence-electron chi connectivity index (χ1n) is 20.2. The molecule has 59 heavy (non-hydrogen) atoms. The van der Waals surface area contributed by atoms with Crippen molar-refractivity contribution in [2.24, 2.45) is 0 Å². The molecule has 2 nitrogen and oxygen atoms in total. The molecule has 9 aromatic carbocycles. The zero-order chi connectivity index (χ0) is 39.1. The Balaban J connectivity index is 1.08. The summed E-state index contributed by atoms with van der Waals surface area (Å²) in [6.07, 6.45) is 0. The average Bonchev–Trinajstić information content (AvgIpc) is 3.67. The number of hydrogen-bond donors (Lipinski definition) is 0. The highest BCUT2D eigenvalue weighted by atomic mass is 15.0. The quantitative estimate of drug-likeness (QED) is 0.159. The SMILES string of the molecule is c1ccc(-c2nc(-c3ccccc3)c(-c3ccccc3)c(-c3ccc(-c4ccc(-n5c6ccccc6c6c7ccccc7ccc65)cc4)cc3)c2-c2ccccc2)cc1. The lowest BCUT2D eigenvalue weighted by atomic mass is 9.83. The Morgan fingerprint density at radius 2 is 0.695 bits per heavy atom. The van der Waals surface area contributed by atoms with Crippen molar-refractivity contribution in [2.75, 3.05) is 0 Å². The normalized spacial score (nSPS) is 11.4. The van der Waals surface area contributed by atoms with Gasteiger partial charge in [0.25, 0.3) is 0 Å². The van der Waals surface area contributed by atoms with Crippen LogP contribution >= 0.6 is 0 Å². The number of aromatic nitrogens is 2. The maximum absolute atomic E-state index is 5.60. The van der Waals surface area contributed by atoms with Crippen LogP contribution in [0.5, 0.6) is 0 Å². The molecule has 0 aliphatic rings. The molecule has 0 atom stereocenters. The minimum atomic E-state index is 0.961. The highest BCUT2D eigenvalue weighted by Gasteiger charge is 2.25. The van der Waals surface area contributed by atoms with E-state index in [1.807, 2.05) is 0 Å². The predicted octanol–water partition coefficient (Wildman–Crippen LogP) is 15.3. The van der Waals surface area contributed by atoms with Gasteiger partial charge < -0.3 is 4.57 Å². The second-order valence-corrected chi connectivity index (χ2v) is 15.1. The van der Waals surface area contributed by atoms with Crippen LogP contribution in [-0.4, -0.2) is 9.55 Å². The van der Waals surface area contributed by atoms with Gasteiger partial charge in [-0.25, -0.2) is 4.98 Å². The number of benzene rings is 9. The number of para-hydroxylation sites is 1. The fourth-order valence-corrected chi connectivity index (χ4v) is 8.91. The number of pyridine rings is 1. The van der Waals surface area contributed by atoms with E-state index in [1.54, 1.807) is 0 Å². The summed E-state index contributed by atoms with van der Waals surface area (Å²) >= 11 is 0. The van der Waals surface area contributed by atoms with E-state index >= 15 is 0 Å². The first-order chi connectivity index (χ1) is 29.3. The van der Waals surface area contributed by atoms with Crippen LogP contribution in [-0.2, 0) is 0 Å². The van der Waals surface area contributed by atoms with Crippen LogP contribution in [0.15, 0.2) is 231 Å². The van der Waals surface area contributed by atoms with Crippen LogP contribution in [0, 0.1) is 0 Å². The zero-order valence-electron chi connectivity index (χ0n) is 32.3. The third-order valence-corrected chi connectivity index (χ3v) is 11.6. The summed E-state index contributed by atoms with van der Waals surface area (Å²) in [4.78, 5) is 5.60. The van der Waals surface area contributed by atoms with Crippen molar-refractivity contribution < 1.29 is 0 Å². The van der Waals surface area contributed by atoms with Crippen LogP contribution in [0.2, 0.25) is 0 Å². The van der Waals surface area contributed by atoms with Gasteiger partial charge in [0, 0.05) is 44.3 Å². The average molecular weight is 751 g/mol. The number of rotatable bonds is 7. The highest BCUT2D eigenvalue weighted by molar-refractivity contribution is 6.21. The lowest BCUT2D eigenvalue weighted by Gasteiger charge is -2.23. The van der Waals surface area contributed by atoms with E-state index in [0.717, 1.165) is 67.1 Å². The first-order valence-corrected chi connectivity index (χ1v) is 20.2. The molecular formula is C57H38N2. The topological polar surface area (TPSA) is 17.8 Å².